The topological polar surface area (TPSA) is 41.1 Å². The van der Waals surface area contributed by atoms with Gasteiger partial charge in [-0.05, 0) is 37.6 Å². The lowest BCUT2D eigenvalue weighted by Crippen LogP contribution is -2.24. The highest BCUT2D eigenvalue weighted by atomic mass is 16.1. The summed E-state index contributed by atoms with van der Waals surface area (Å²) < 4.78 is 0. The Morgan fingerprint density at radius 1 is 1.53 bits per heavy atom. The van der Waals surface area contributed by atoms with Crippen LogP contribution in [0.1, 0.15) is 12.0 Å². The second-order valence-corrected chi connectivity index (χ2v) is 4.05. The molecule has 0 bridgehead atoms. The van der Waals surface area contributed by atoms with E-state index in [1.54, 1.807) is 0 Å². The van der Waals surface area contributed by atoms with Crippen LogP contribution in [0.3, 0.4) is 0 Å². The number of anilines is 1. The van der Waals surface area contributed by atoms with E-state index in [2.05, 4.69) is 10.6 Å². The molecule has 0 aromatic heterocycles. The molecule has 0 radical (unpaired) electrons. The van der Waals surface area contributed by atoms with Crippen molar-refractivity contribution in [1.29, 1.82) is 0 Å². The van der Waals surface area contributed by atoms with E-state index in [9.17, 15) is 4.79 Å². The van der Waals surface area contributed by atoms with Gasteiger partial charge >= 0.3 is 0 Å². The van der Waals surface area contributed by atoms with Crippen LogP contribution in [0, 0.1) is 12.8 Å². The Hall–Kier alpha value is -1.35. The van der Waals surface area contributed by atoms with Crippen LogP contribution in [-0.4, -0.2) is 19.0 Å². The van der Waals surface area contributed by atoms with Crippen LogP contribution in [0.25, 0.3) is 0 Å². The van der Waals surface area contributed by atoms with E-state index >= 15 is 0 Å². The molecule has 2 rings (SSSR count). The number of aryl methyl sites for hydroxylation is 1. The van der Waals surface area contributed by atoms with Gasteiger partial charge in [-0.2, -0.15) is 0 Å². The molecule has 1 amide bonds. The fourth-order valence-electron chi connectivity index (χ4n) is 1.85. The third-order valence-electron chi connectivity index (χ3n) is 2.72. The average molecular weight is 204 g/mol. The molecule has 0 aliphatic carbocycles. The smallest absolute Gasteiger partial charge is 0.228 e. The second-order valence-electron chi connectivity index (χ2n) is 4.05. The Bertz CT molecular complexity index is 356. The highest BCUT2D eigenvalue weighted by Gasteiger charge is 2.22. The number of carbonyl (C=O) groups is 1. The van der Waals surface area contributed by atoms with Crippen molar-refractivity contribution >= 4 is 11.6 Å². The molecule has 2 N–H and O–H groups in total. The first-order chi connectivity index (χ1) is 7.25. The molecule has 1 aromatic carbocycles. The lowest BCUT2D eigenvalue weighted by atomic mass is 10.1. The molecular formula is C12H16N2O. The van der Waals surface area contributed by atoms with E-state index in [1.807, 2.05) is 31.2 Å². The molecule has 1 saturated heterocycles. The van der Waals surface area contributed by atoms with E-state index < -0.39 is 0 Å². The molecule has 1 aliphatic rings. The van der Waals surface area contributed by atoms with Crippen molar-refractivity contribution in [2.75, 3.05) is 18.4 Å². The minimum atomic E-state index is 0.130. The van der Waals surface area contributed by atoms with Crippen LogP contribution in [-0.2, 0) is 4.79 Å². The third kappa shape index (κ3) is 2.57. The van der Waals surface area contributed by atoms with Crippen molar-refractivity contribution in [2.45, 2.75) is 13.3 Å². The van der Waals surface area contributed by atoms with Gasteiger partial charge in [0.1, 0.15) is 0 Å². The summed E-state index contributed by atoms with van der Waals surface area (Å²) in [6.45, 7) is 3.77. The molecular weight excluding hydrogens is 188 g/mol. The van der Waals surface area contributed by atoms with Gasteiger partial charge in [0.05, 0.1) is 5.92 Å². The Morgan fingerprint density at radius 3 is 3.07 bits per heavy atom. The SMILES string of the molecule is Cc1cccc(NC(=O)[C@@H]2CCNC2)c1. The Kier molecular flexibility index (Phi) is 3.02. The Balaban J connectivity index is 1.99. The van der Waals surface area contributed by atoms with Crippen molar-refractivity contribution in [1.82, 2.24) is 5.32 Å². The van der Waals surface area contributed by atoms with Gasteiger partial charge in [0.2, 0.25) is 5.91 Å². The summed E-state index contributed by atoms with van der Waals surface area (Å²) in [6, 6.07) is 7.89. The maximum atomic E-state index is 11.8. The summed E-state index contributed by atoms with van der Waals surface area (Å²) >= 11 is 0. The van der Waals surface area contributed by atoms with E-state index in [1.165, 1.54) is 0 Å². The van der Waals surface area contributed by atoms with Crippen LogP contribution < -0.4 is 10.6 Å². The molecule has 1 heterocycles. The number of carbonyl (C=O) groups excluding carboxylic acids is 1. The molecule has 3 nitrogen and oxygen atoms in total. The number of amides is 1. The van der Waals surface area contributed by atoms with Crippen molar-refractivity contribution in [3.8, 4) is 0 Å². The zero-order chi connectivity index (χ0) is 10.7. The molecule has 3 heteroatoms. The lowest BCUT2D eigenvalue weighted by Gasteiger charge is -2.10. The minimum Gasteiger partial charge on any atom is -0.326 e. The predicted octanol–water partition coefficient (Wildman–Crippen LogP) is 1.54. The summed E-state index contributed by atoms with van der Waals surface area (Å²) in [7, 11) is 0. The fraction of sp³-hybridized carbons (Fsp3) is 0.417. The van der Waals surface area contributed by atoms with E-state index in [-0.39, 0.29) is 11.8 Å². The van der Waals surface area contributed by atoms with Gasteiger partial charge < -0.3 is 10.6 Å². The summed E-state index contributed by atoms with van der Waals surface area (Å²) in [5.74, 6) is 0.260. The first kappa shape index (κ1) is 10.2. The van der Waals surface area contributed by atoms with Gasteiger partial charge in [-0.3, -0.25) is 4.79 Å². The molecule has 1 aromatic rings. The molecule has 1 fully saturated rings. The summed E-state index contributed by atoms with van der Waals surface area (Å²) in [6.07, 6.45) is 0.942. The quantitative estimate of drug-likeness (QED) is 0.767. The number of hydrogen-bond donors (Lipinski definition) is 2. The van der Waals surface area contributed by atoms with Gasteiger partial charge in [0.25, 0.3) is 0 Å². The summed E-state index contributed by atoms with van der Waals surface area (Å²) in [5.41, 5.74) is 2.06. The van der Waals surface area contributed by atoms with Crippen LogP contribution >= 0.6 is 0 Å². The first-order valence-corrected chi connectivity index (χ1v) is 5.34. The largest absolute Gasteiger partial charge is 0.326 e. The van der Waals surface area contributed by atoms with Crippen LogP contribution in [0.5, 0.6) is 0 Å². The van der Waals surface area contributed by atoms with Crippen LogP contribution in [0.4, 0.5) is 5.69 Å². The molecule has 80 valence electrons. The highest BCUT2D eigenvalue weighted by Crippen LogP contribution is 2.14. The number of hydrogen-bond acceptors (Lipinski definition) is 2. The second kappa shape index (κ2) is 4.45. The molecule has 1 aliphatic heterocycles. The summed E-state index contributed by atoms with van der Waals surface area (Å²) in [4.78, 5) is 11.8. The molecule has 15 heavy (non-hydrogen) atoms. The van der Waals surface area contributed by atoms with Gasteiger partial charge in [-0.15, -0.1) is 0 Å². The first-order valence-electron chi connectivity index (χ1n) is 5.34. The van der Waals surface area contributed by atoms with Gasteiger partial charge in [0.15, 0.2) is 0 Å². The van der Waals surface area contributed by atoms with Crippen molar-refractivity contribution < 1.29 is 4.79 Å². The minimum absolute atomic E-state index is 0.130. The standard InChI is InChI=1S/C12H16N2O/c1-9-3-2-4-11(7-9)14-12(15)10-5-6-13-8-10/h2-4,7,10,13H,5-6,8H2,1H3,(H,14,15)/t10-/m1/s1. The number of nitrogens with one attached hydrogen (secondary N) is 2. The van der Waals surface area contributed by atoms with Gasteiger partial charge in [0, 0.05) is 12.2 Å². The maximum absolute atomic E-state index is 11.8. The number of rotatable bonds is 2. The van der Waals surface area contributed by atoms with Crippen molar-refractivity contribution in [3.05, 3.63) is 29.8 Å². The monoisotopic (exact) mass is 204 g/mol. The zero-order valence-electron chi connectivity index (χ0n) is 8.92. The van der Waals surface area contributed by atoms with Crippen LogP contribution in [0.15, 0.2) is 24.3 Å². The highest BCUT2D eigenvalue weighted by molar-refractivity contribution is 5.92. The Labute approximate surface area is 89.9 Å². The fourth-order valence-corrected chi connectivity index (χ4v) is 1.85. The lowest BCUT2D eigenvalue weighted by molar-refractivity contribution is -0.119. The predicted molar refractivity (Wildman–Crippen MR) is 60.8 cm³/mol. The number of benzene rings is 1. The van der Waals surface area contributed by atoms with E-state index in [0.29, 0.717) is 0 Å². The molecule has 0 saturated carbocycles. The normalized spacial score (nSPS) is 20.2. The maximum Gasteiger partial charge on any atom is 0.228 e. The molecule has 0 spiro atoms. The Morgan fingerprint density at radius 2 is 2.40 bits per heavy atom. The average Bonchev–Trinajstić information content (AvgIpc) is 2.70. The van der Waals surface area contributed by atoms with Crippen molar-refractivity contribution in [3.63, 3.8) is 0 Å². The molecule has 0 unspecified atom stereocenters. The summed E-state index contributed by atoms with van der Waals surface area (Å²) in [5, 5.41) is 6.14. The van der Waals surface area contributed by atoms with Crippen LogP contribution in [0.2, 0.25) is 0 Å². The third-order valence-corrected chi connectivity index (χ3v) is 2.72. The van der Waals surface area contributed by atoms with Gasteiger partial charge in [-0.1, -0.05) is 12.1 Å². The van der Waals surface area contributed by atoms with Crippen molar-refractivity contribution in [2.24, 2.45) is 5.92 Å². The molecule has 1 atom stereocenters. The van der Waals surface area contributed by atoms with Gasteiger partial charge in [-0.25, -0.2) is 0 Å². The van der Waals surface area contributed by atoms with E-state index in [4.69, 9.17) is 0 Å². The van der Waals surface area contributed by atoms with E-state index in [0.717, 1.165) is 30.8 Å². The zero-order valence-corrected chi connectivity index (χ0v) is 8.92.